The van der Waals surface area contributed by atoms with Crippen molar-refractivity contribution in [3.63, 3.8) is 0 Å². The van der Waals surface area contributed by atoms with Crippen molar-refractivity contribution in [2.45, 2.75) is 53.1 Å². The molecule has 166 valence electrons. The fraction of sp³-hybridized carbons (Fsp3) is 0.750. The largest absolute Gasteiger partial charge is 0.357 e. The van der Waals surface area contributed by atoms with E-state index in [1.807, 2.05) is 13.2 Å². The van der Waals surface area contributed by atoms with Gasteiger partial charge in [-0.05, 0) is 41.0 Å². The molecular weight excluding hydrogens is 481 g/mol. The molecule has 0 bridgehead atoms. The van der Waals surface area contributed by atoms with E-state index < -0.39 is 0 Å². The van der Waals surface area contributed by atoms with E-state index in [-0.39, 0.29) is 29.9 Å². The first-order chi connectivity index (χ1) is 13.3. The number of piperazine rings is 1. The summed E-state index contributed by atoms with van der Waals surface area (Å²) in [7, 11) is 1.86. The number of hydrogen-bond acceptors (Lipinski definition) is 4. The molecule has 29 heavy (non-hydrogen) atoms. The number of aromatic nitrogens is 2. The van der Waals surface area contributed by atoms with E-state index in [2.05, 4.69) is 54.8 Å². The van der Waals surface area contributed by atoms with Crippen LogP contribution in [-0.4, -0.2) is 82.8 Å². The highest BCUT2D eigenvalue weighted by molar-refractivity contribution is 14.0. The van der Waals surface area contributed by atoms with Crippen LogP contribution in [0.2, 0.25) is 0 Å². The molecular formula is C20H38IN7O. The molecule has 1 aromatic rings. The highest BCUT2D eigenvalue weighted by atomic mass is 127. The summed E-state index contributed by atoms with van der Waals surface area (Å²) in [5.41, 5.74) is 0.858. The van der Waals surface area contributed by atoms with Gasteiger partial charge in [0.15, 0.2) is 5.96 Å². The minimum absolute atomic E-state index is 0. The van der Waals surface area contributed by atoms with E-state index in [4.69, 9.17) is 4.99 Å². The zero-order valence-corrected chi connectivity index (χ0v) is 21.1. The SMILES string of the molecule is CCNC(=NCCCN(C(C)C)C(C)C)N1CCN(c2cnn(C)c2)C(=O)C1.I. The number of aliphatic imine (C=N–C) groups is 1. The van der Waals surface area contributed by atoms with Gasteiger partial charge in [0.05, 0.1) is 11.9 Å². The summed E-state index contributed by atoms with van der Waals surface area (Å²) in [5.74, 6) is 0.915. The molecule has 1 fully saturated rings. The molecule has 1 saturated heterocycles. The maximum Gasteiger partial charge on any atom is 0.246 e. The molecule has 0 aromatic carbocycles. The topological polar surface area (TPSA) is 69.0 Å². The molecule has 1 amide bonds. The van der Waals surface area contributed by atoms with Crippen LogP contribution in [0, 0.1) is 0 Å². The number of nitrogens with one attached hydrogen (secondary N) is 1. The second-order valence-electron chi connectivity index (χ2n) is 7.85. The summed E-state index contributed by atoms with van der Waals surface area (Å²) in [4.78, 5) is 23.8. The number of aryl methyl sites for hydroxylation is 1. The van der Waals surface area contributed by atoms with Crippen LogP contribution in [0.1, 0.15) is 41.0 Å². The predicted octanol–water partition coefficient (Wildman–Crippen LogP) is 2.16. The zero-order chi connectivity index (χ0) is 20.7. The van der Waals surface area contributed by atoms with E-state index in [9.17, 15) is 4.79 Å². The van der Waals surface area contributed by atoms with E-state index in [1.54, 1.807) is 15.8 Å². The van der Waals surface area contributed by atoms with Crippen molar-refractivity contribution in [2.24, 2.45) is 12.0 Å². The Morgan fingerprint density at radius 3 is 2.48 bits per heavy atom. The standard InChI is InChI=1S/C20H37N7O.HI/c1-7-21-20(22-9-8-10-26(16(2)3)17(4)5)25-11-12-27(19(28)15-25)18-13-23-24(6)14-18;/h13-14,16-17H,7-12,15H2,1-6H3,(H,21,22);1H. The van der Waals surface area contributed by atoms with Gasteiger partial charge in [0.2, 0.25) is 5.91 Å². The number of anilines is 1. The second kappa shape index (κ2) is 12.4. The lowest BCUT2D eigenvalue weighted by Gasteiger charge is -2.35. The molecule has 1 N–H and O–H groups in total. The molecule has 0 spiro atoms. The van der Waals surface area contributed by atoms with Crippen molar-refractivity contribution in [2.75, 3.05) is 44.2 Å². The lowest BCUT2D eigenvalue weighted by molar-refractivity contribution is -0.120. The summed E-state index contributed by atoms with van der Waals surface area (Å²) in [5, 5.41) is 7.51. The van der Waals surface area contributed by atoms with Gasteiger partial charge in [-0.25, -0.2) is 0 Å². The first-order valence-electron chi connectivity index (χ1n) is 10.4. The maximum atomic E-state index is 12.7. The van der Waals surface area contributed by atoms with E-state index in [1.165, 1.54) is 0 Å². The molecule has 0 atom stereocenters. The Morgan fingerprint density at radius 1 is 1.28 bits per heavy atom. The quantitative estimate of drug-likeness (QED) is 0.247. The monoisotopic (exact) mass is 519 g/mol. The van der Waals surface area contributed by atoms with Crippen LogP contribution in [0.5, 0.6) is 0 Å². The lowest BCUT2D eigenvalue weighted by Crippen LogP contribution is -2.55. The van der Waals surface area contributed by atoms with Gasteiger partial charge in [0.25, 0.3) is 0 Å². The van der Waals surface area contributed by atoms with E-state index in [0.29, 0.717) is 25.2 Å². The normalized spacial score (nSPS) is 15.5. The summed E-state index contributed by atoms with van der Waals surface area (Å²) in [6.07, 6.45) is 4.62. The second-order valence-corrected chi connectivity index (χ2v) is 7.85. The van der Waals surface area contributed by atoms with Gasteiger partial charge < -0.3 is 15.1 Å². The minimum atomic E-state index is 0. The summed E-state index contributed by atoms with van der Waals surface area (Å²) >= 11 is 0. The fourth-order valence-electron chi connectivity index (χ4n) is 3.65. The summed E-state index contributed by atoms with van der Waals surface area (Å²) in [6, 6.07) is 1.07. The van der Waals surface area contributed by atoms with Crippen LogP contribution in [-0.2, 0) is 11.8 Å². The Morgan fingerprint density at radius 2 is 1.97 bits per heavy atom. The van der Waals surface area contributed by atoms with Crippen molar-refractivity contribution in [3.05, 3.63) is 12.4 Å². The van der Waals surface area contributed by atoms with Gasteiger partial charge in [0.1, 0.15) is 6.54 Å². The third-order valence-corrected chi connectivity index (χ3v) is 5.02. The molecule has 0 radical (unpaired) electrons. The predicted molar refractivity (Wildman–Crippen MR) is 130 cm³/mol. The number of amides is 1. The van der Waals surface area contributed by atoms with Gasteiger partial charge >= 0.3 is 0 Å². The van der Waals surface area contributed by atoms with Crippen LogP contribution in [0.4, 0.5) is 5.69 Å². The molecule has 1 aromatic heterocycles. The highest BCUT2D eigenvalue weighted by Gasteiger charge is 2.27. The minimum Gasteiger partial charge on any atom is -0.357 e. The third kappa shape index (κ3) is 7.44. The van der Waals surface area contributed by atoms with Crippen LogP contribution in [0.15, 0.2) is 17.4 Å². The Hall–Kier alpha value is -1.36. The Balaban J connectivity index is 0.00000420. The summed E-state index contributed by atoms with van der Waals surface area (Å²) in [6.45, 7) is 15.3. The van der Waals surface area contributed by atoms with Crippen molar-refractivity contribution in [3.8, 4) is 0 Å². The molecule has 8 nitrogen and oxygen atoms in total. The van der Waals surface area contributed by atoms with Crippen LogP contribution in [0.25, 0.3) is 0 Å². The molecule has 1 aliphatic rings. The average molecular weight is 519 g/mol. The molecule has 0 aliphatic carbocycles. The fourth-order valence-corrected chi connectivity index (χ4v) is 3.65. The van der Waals surface area contributed by atoms with Crippen molar-refractivity contribution in [1.82, 2.24) is 24.9 Å². The summed E-state index contributed by atoms with van der Waals surface area (Å²) < 4.78 is 1.72. The molecule has 9 heteroatoms. The van der Waals surface area contributed by atoms with Crippen LogP contribution in [0.3, 0.4) is 0 Å². The number of nitrogens with zero attached hydrogens (tertiary/aromatic N) is 6. The van der Waals surface area contributed by atoms with Gasteiger partial charge in [0, 0.05) is 58.1 Å². The Kier molecular flexibility index (Phi) is 10.9. The Labute approximate surface area is 192 Å². The first kappa shape index (κ1) is 25.7. The molecule has 2 rings (SSSR count). The number of guanidine groups is 1. The molecule has 0 unspecified atom stereocenters. The average Bonchev–Trinajstić information content (AvgIpc) is 3.05. The van der Waals surface area contributed by atoms with Crippen molar-refractivity contribution >= 4 is 41.5 Å². The Bertz CT molecular complexity index is 651. The number of halogens is 1. The zero-order valence-electron chi connectivity index (χ0n) is 18.8. The van der Waals surface area contributed by atoms with Crippen molar-refractivity contribution < 1.29 is 4.79 Å². The van der Waals surface area contributed by atoms with E-state index >= 15 is 0 Å². The number of hydrogen-bond donors (Lipinski definition) is 1. The number of carbonyl (C=O) groups excluding carboxylic acids is 1. The number of carbonyl (C=O) groups is 1. The molecule has 0 saturated carbocycles. The van der Waals surface area contributed by atoms with Gasteiger partial charge in [-0.2, -0.15) is 5.10 Å². The van der Waals surface area contributed by atoms with Crippen molar-refractivity contribution in [1.29, 1.82) is 0 Å². The van der Waals surface area contributed by atoms with E-state index in [0.717, 1.165) is 44.2 Å². The van der Waals surface area contributed by atoms with Gasteiger partial charge in [-0.3, -0.25) is 19.4 Å². The third-order valence-electron chi connectivity index (χ3n) is 5.02. The lowest BCUT2D eigenvalue weighted by atomic mass is 10.2. The number of rotatable bonds is 8. The van der Waals surface area contributed by atoms with Crippen LogP contribution >= 0.6 is 24.0 Å². The van der Waals surface area contributed by atoms with Gasteiger partial charge in [-0.1, -0.05) is 0 Å². The first-order valence-corrected chi connectivity index (χ1v) is 10.4. The smallest absolute Gasteiger partial charge is 0.246 e. The molecule has 1 aliphatic heterocycles. The maximum absolute atomic E-state index is 12.7. The molecule has 2 heterocycles. The van der Waals surface area contributed by atoms with Gasteiger partial charge in [-0.15, -0.1) is 24.0 Å². The van der Waals surface area contributed by atoms with Crippen LogP contribution < -0.4 is 10.2 Å². The highest BCUT2D eigenvalue weighted by Crippen LogP contribution is 2.16.